The van der Waals surface area contributed by atoms with Gasteiger partial charge in [0.2, 0.25) is 5.91 Å². The summed E-state index contributed by atoms with van der Waals surface area (Å²) in [7, 11) is -2.49. The van der Waals surface area contributed by atoms with Crippen molar-refractivity contribution in [3.63, 3.8) is 0 Å². The first kappa shape index (κ1) is 26.1. The summed E-state index contributed by atoms with van der Waals surface area (Å²) in [5.74, 6) is -0.657. The van der Waals surface area contributed by atoms with E-state index in [0.717, 1.165) is 12.8 Å². The van der Waals surface area contributed by atoms with Gasteiger partial charge < -0.3 is 4.90 Å². The molecule has 0 rings (SSSR count). The number of amides is 1. The molecule has 1 N–H and O–H groups in total. The first-order chi connectivity index (χ1) is 12.9. The largest absolute Gasteiger partial charge is 0.341 e. The minimum Gasteiger partial charge on any atom is -0.341 e. The Balaban J connectivity index is 3.43. The summed E-state index contributed by atoms with van der Waals surface area (Å²) in [5.41, 5.74) is 0. The third-order valence-electron chi connectivity index (χ3n) is 4.80. The molecule has 0 radical (unpaired) electrons. The van der Waals surface area contributed by atoms with Crippen LogP contribution in [-0.2, 0) is 14.9 Å². The Labute approximate surface area is 167 Å². The maximum atomic E-state index is 11.8. The van der Waals surface area contributed by atoms with Crippen molar-refractivity contribution in [3.05, 3.63) is 12.2 Å². The summed E-state index contributed by atoms with van der Waals surface area (Å²) in [6.45, 7) is 2.26. The van der Waals surface area contributed by atoms with Crippen LogP contribution in [-0.4, -0.2) is 43.1 Å². The lowest BCUT2D eigenvalue weighted by Gasteiger charge is -2.13. The number of hydrogen-bond acceptors (Lipinski definition) is 3. The van der Waals surface area contributed by atoms with Crippen LogP contribution in [0, 0.1) is 0 Å². The topological polar surface area (TPSA) is 74.7 Å². The molecule has 0 bridgehead atoms. The molecule has 0 aromatic carbocycles. The second kappa shape index (κ2) is 17.2. The van der Waals surface area contributed by atoms with Crippen LogP contribution in [0.25, 0.3) is 0 Å². The Bertz CT molecular complexity index is 488. The van der Waals surface area contributed by atoms with Crippen molar-refractivity contribution < 1.29 is 17.8 Å². The number of unbranched alkanes of at least 4 members (excludes halogenated alkanes) is 13. The third-order valence-corrected chi connectivity index (χ3v) is 5.49. The summed E-state index contributed by atoms with van der Waals surface area (Å²) in [6.07, 6.45) is 21.4. The highest BCUT2D eigenvalue weighted by Gasteiger charge is 2.10. The van der Waals surface area contributed by atoms with Crippen molar-refractivity contribution in [2.45, 2.75) is 96.8 Å². The Morgan fingerprint density at radius 1 is 0.852 bits per heavy atom. The number of likely N-dealkylation sites (N-methyl/N-ethyl adjacent to an activating group) is 1. The summed E-state index contributed by atoms with van der Waals surface area (Å²) in [6, 6.07) is 0. The zero-order chi connectivity index (χ0) is 20.4. The number of nitrogens with zero attached hydrogens (tertiary/aromatic N) is 1. The molecule has 6 heteroatoms. The highest BCUT2D eigenvalue weighted by Crippen LogP contribution is 2.13. The van der Waals surface area contributed by atoms with E-state index in [1.54, 1.807) is 0 Å². The fourth-order valence-electron chi connectivity index (χ4n) is 2.95. The Morgan fingerprint density at radius 3 is 1.74 bits per heavy atom. The maximum absolute atomic E-state index is 11.8. The van der Waals surface area contributed by atoms with Gasteiger partial charge in [-0.15, -0.1) is 0 Å². The standard InChI is InChI=1S/C21H41NO4S/c1-3-4-5-6-7-8-9-10-11-12-13-14-15-16-17-18-21(23)22(2)19-20-27(24,25)26/h17-18H,3-16,19-20H2,1-2H3,(H,24,25,26). The Hall–Kier alpha value is -0.880. The number of carbonyl (C=O) groups is 1. The normalized spacial score (nSPS) is 12.0. The third kappa shape index (κ3) is 19.7. The lowest BCUT2D eigenvalue weighted by molar-refractivity contribution is -0.124. The Morgan fingerprint density at radius 2 is 1.30 bits per heavy atom. The molecule has 1 amide bonds. The molecule has 0 aromatic heterocycles. The van der Waals surface area contributed by atoms with Crippen molar-refractivity contribution in [3.8, 4) is 0 Å². The molecular formula is C21H41NO4S. The van der Waals surface area contributed by atoms with E-state index in [-0.39, 0.29) is 12.5 Å². The van der Waals surface area contributed by atoms with E-state index in [0.29, 0.717) is 0 Å². The monoisotopic (exact) mass is 403 g/mol. The van der Waals surface area contributed by atoms with Crippen LogP contribution >= 0.6 is 0 Å². The summed E-state index contributed by atoms with van der Waals surface area (Å²) in [5, 5.41) is 0. The summed E-state index contributed by atoms with van der Waals surface area (Å²) in [4.78, 5) is 13.1. The highest BCUT2D eigenvalue weighted by atomic mass is 32.2. The predicted octanol–water partition coefficient (Wildman–Crippen LogP) is 5.37. The van der Waals surface area contributed by atoms with Crippen LogP contribution in [0.5, 0.6) is 0 Å². The van der Waals surface area contributed by atoms with Crippen molar-refractivity contribution in [2.75, 3.05) is 19.3 Å². The second-order valence-corrected chi connectivity index (χ2v) is 9.05. The SMILES string of the molecule is CCCCCCCCCCCCCCCC=CC(=O)N(C)CCS(=O)(=O)O. The smallest absolute Gasteiger partial charge is 0.266 e. The molecule has 160 valence electrons. The van der Waals surface area contributed by atoms with Gasteiger partial charge in [-0.1, -0.05) is 90.0 Å². The molecule has 0 aliphatic carbocycles. The summed E-state index contributed by atoms with van der Waals surface area (Å²) >= 11 is 0. The molecule has 0 aromatic rings. The molecule has 0 unspecified atom stereocenters. The zero-order valence-corrected chi connectivity index (χ0v) is 18.3. The van der Waals surface area contributed by atoms with Gasteiger partial charge in [0, 0.05) is 13.6 Å². The number of rotatable bonds is 18. The van der Waals surface area contributed by atoms with Crippen molar-refractivity contribution in [1.29, 1.82) is 0 Å². The van der Waals surface area contributed by atoms with Crippen LogP contribution in [0.3, 0.4) is 0 Å². The van der Waals surface area contributed by atoms with Gasteiger partial charge in [-0.3, -0.25) is 9.35 Å². The quantitative estimate of drug-likeness (QED) is 0.190. The van der Waals surface area contributed by atoms with Gasteiger partial charge in [0.15, 0.2) is 0 Å². The van der Waals surface area contributed by atoms with E-state index >= 15 is 0 Å². The van der Waals surface area contributed by atoms with Crippen molar-refractivity contribution in [2.24, 2.45) is 0 Å². The molecule has 0 saturated carbocycles. The highest BCUT2D eigenvalue weighted by molar-refractivity contribution is 7.85. The van der Waals surface area contributed by atoms with Crippen molar-refractivity contribution >= 4 is 16.0 Å². The van der Waals surface area contributed by atoms with Crippen LogP contribution < -0.4 is 0 Å². The number of carbonyl (C=O) groups excluding carboxylic acids is 1. The molecule has 0 fully saturated rings. The van der Waals surface area contributed by atoms with E-state index < -0.39 is 15.9 Å². The van der Waals surface area contributed by atoms with Gasteiger partial charge >= 0.3 is 0 Å². The molecule has 27 heavy (non-hydrogen) atoms. The van der Waals surface area contributed by atoms with Gasteiger partial charge in [-0.05, 0) is 18.9 Å². The average molecular weight is 404 g/mol. The van der Waals surface area contributed by atoms with Gasteiger partial charge in [-0.25, -0.2) is 0 Å². The van der Waals surface area contributed by atoms with Gasteiger partial charge in [0.25, 0.3) is 10.1 Å². The maximum Gasteiger partial charge on any atom is 0.266 e. The first-order valence-electron chi connectivity index (χ1n) is 10.7. The van der Waals surface area contributed by atoms with E-state index in [4.69, 9.17) is 4.55 Å². The minimum atomic E-state index is -4.02. The van der Waals surface area contributed by atoms with Crippen LogP contribution in [0.4, 0.5) is 0 Å². The van der Waals surface area contributed by atoms with E-state index in [1.807, 2.05) is 6.08 Å². The lowest BCUT2D eigenvalue weighted by Crippen LogP contribution is -2.30. The second-order valence-electron chi connectivity index (χ2n) is 7.48. The number of allylic oxidation sites excluding steroid dienone is 1. The van der Waals surface area contributed by atoms with Crippen LogP contribution in [0.1, 0.15) is 96.8 Å². The fourth-order valence-corrected chi connectivity index (χ4v) is 3.46. The fraction of sp³-hybridized carbons (Fsp3) is 0.857. The zero-order valence-electron chi connectivity index (χ0n) is 17.5. The molecule has 0 aliphatic rings. The first-order valence-corrected chi connectivity index (χ1v) is 12.3. The molecule has 0 saturated heterocycles. The van der Waals surface area contributed by atoms with Gasteiger partial charge in [0.1, 0.15) is 0 Å². The average Bonchev–Trinajstić information content (AvgIpc) is 2.62. The lowest BCUT2D eigenvalue weighted by atomic mass is 10.0. The van der Waals surface area contributed by atoms with E-state index in [1.165, 1.54) is 95.1 Å². The van der Waals surface area contributed by atoms with E-state index in [2.05, 4.69) is 6.92 Å². The van der Waals surface area contributed by atoms with Crippen molar-refractivity contribution in [1.82, 2.24) is 4.90 Å². The number of hydrogen-bond donors (Lipinski definition) is 1. The predicted molar refractivity (Wildman–Crippen MR) is 114 cm³/mol. The summed E-state index contributed by atoms with van der Waals surface area (Å²) < 4.78 is 30.0. The molecule has 0 spiro atoms. The van der Waals surface area contributed by atoms with Gasteiger partial charge in [-0.2, -0.15) is 8.42 Å². The van der Waals surface area contributed by atoms with Gasteiger partial charge in [0.05, 0.1) is 5.75 Å². The minimum absolute atomic E-state index is 0.000741. The molecule has 5 nitrogen and oxygen atoms in total. The van der Waals surface area contributed by atoms with Crippen LogP contribution in [0.2, 0.25) is 0 Å². The molecule has 0 heterocycles. The Kier molecular flexibility index (Phi) is 16.7. The van der Waals surface area contributed by atoms with Crippen LogP contribution in [0.15, 0.2) is 12.2 Å². The molecular weight excluding hydrogens is 362 g/mol. The molecule has 0 aliphatic heterocycles. The molecule has 0 atom stereocenters. The van der Waals surface area contributed by atoms with E-state index in [9.17, 15) is 13.2 Å².